The van der Waals surface area contributed by atoms with E-state index >= 15 is 0 Å². The highest BCUT2D eigenvalue weighted by Crippen LogP contribution is 2.21. The van der Waals surface area contributed by atoms with Gasteiger partial charge in [-0.1, -0.05) is 133 Å². The van der Waals surface area contributed by atoms with Crippen LogP contribution in [-0.4, -0.2) is 10.2 Å². The number of aromatic hydroxyl groups is 2. The normalized spacial score (nSPS) is 10.0. The van der Waals surface area contributed by atoms with Crippen molar-refractivity contribution in [1.29, 1.82) is 0 Å². The van der Waals surface area contributed by atoms with Crippen molar-refractivity contribution in [1.82, 2.24) is 0 Å². The fourth-order valence-electron chi connectivity index (χ4n) is 2.92. The van der Waals surface area contributed by atoms with Gasteiger partial charge in [0.15, 0.2) is 11.5 Å². The molecule has 0 aliphatic rings. The summed E-state index contributed by atoms with van der Waals surface area (Å²) in [6, 6.07) is 43.5. The monoisotopic (exact) mass is 418 g/mol. The van der Waals surface area contributed by atoms with Crippen LogP contribution in [0.4, 0.5) is 0 Å². The molecule has 0 aliphatic carbocycles. The van der Waals surface area contributed by atoms with Crippen molar-refractivity contribution >= 4 is 22.9 Å². The van der Waals surface area contributed by atoms with Crippen LogP contribution in [0, 0.1) is 0 Å². The van der Waals surface area contributed by atoms with E-state index in [1.807, 2.05) is 36.4 Å². The van der Waals surface area contributed by atoms with Crippen LogP contribution in [0.1, 0.15) is 11.1 Å². The molecule has 0 radical (unpaired) electrons. The summed E-state index contributed by atoms with van der Waals surface area (Å²) in [5, 5.41) is 20.0. The smallest absolute Gasteiger partial charge is 0.157 e. The van der Waals surface area contributed by atoms with Crippen LogP contribution in [0.5, 0.6) is 11.5 Å². The van der Waals surface area contributed by atoms with Crippen LogP contribution in [0.25, 0.3) is 22.9 Å². The maximum Gasteiger partial charge on any atom is 0.157 e. The number of phenolic OH excluding ortho intramolecular Hbond substituents is 2. The predicted octanol–water partition coefficient (Wildman–Crippen LogP) is 7.79. The molecule has 0 aliphatic heterocycles. The lowest BCUT2D eigenvalue weighted by atomic mass is 10.1. The first-order valence-corrected chi connectivity index (χ1v) is 10.4. The summed E-state index contributed by atoms with van der Waals surface area (Å²) in [7, 11) is 0. The average molecular weight is 419 g/mol. The first kappa shape index (κ1) is 22.4. The Morgan fingerprint density at radius 1 is 0.344 bits per heavy atom. The Morgan fingerprint density at radius 3 is 0.938 bits per heavy atom. The van der Waals surface area contributed by atoms with Crippen molar-refractivity contribution < 1.29 is 10.2 Å². The van der Waals surface area contributed by atoms with Crippen molar-refractivity contribution in [3.63, 3.8) is 0 Å². The Kier molecular flexibility index (Phi) is 8.68. The molecule has 0 bridgehead atoms. The molecule has 0 heterocycles. The molecule has 2 nitrogen and oxygen atoms in total. The van der Waals surface area contributed by atoms with Gasteiger partial charge in [0, 0.05) is 0 Å². The van der Waals surface area contributed by atoms with E-state index in [2.05, 4.69) is 84.9 Å². The molecule has 2 heteroatoms. The van der Waals surface area contributed by atoms with Gasteiger partial charge in [0.05, 0.1) is 0 Å². The Morgan fingerprint density at radius 2 is 0.625 bits per heavy atom. The number of fused-ring (bicyclic) bond motifs is 1. The van der Waals surface area contributed by atoms with Gasteiger partial charge in [0.1, 0.15) is 0 Å². The number of benzene rings is 5. The summed E-state index contributed by atoms with van der Waals surface area (Å²) in [5.41, 5.74) is 2.47. The quantitative estimate of drug-likeness (QED) is 0.227. The van der Waals surface area contributed by atoms with Gasteiger partial charge in [0.2, 0.25) is 0 Å². The van der Waals surface area contributed by atoms with E-state index in [0.29, 0.717) is 0 Å². The molecule has 0 unspecified atom stereocenters. The summed E-state index contributed by atoms with van der Waals surface area (Å²) < 4.78 is 0. The molecule has 32 heavy (non-hydrogen) atoms. The molecular weight excluding hydrogens is 392 g/mol. The van der Waals surface area contributed by atoms with Crippen LogP contribution in [-0.2, 0) is 0 Å². The number of para-hydroxylation sites is 2. The third-order valence-electron chi connectivity index (χ3n) is 4.61. The first-order valence-electron chi connectivity index (χ1n) is 10.4. The van der Waals surface area contributed by atoms with Gasteiger partial charge in [-0.3, -0.25) is 0 Å². The zero-order valence-electron chi connectivity index (χ0n) is 17.8. The lowest BCUT2D eigenvalue weighted by molar-refractivity contribution is 0.404. The van der Waals surface area contributed by atoms with Crippen LogP contribution in [0.15, 0.2) is 133 Å². The summed E-state index contributed by atoms with van der Waals surface area (Å²) in [6.07, 6.45) is 4.24. The summed E-state index contributed by atoms with van der Waals surface area (Å²) in [5.74, 6) is -0.153. The minimum Gasteiger partial charge on any atom is -0.504 e. The highest BCUT2D eigenvalue weighted by atomic mass is 16.3. The molecule has 158 valence electrons. The third kappa shape index (κ3) is 7.51. The fraction of sp³-hybridized carbons (Fsp3) is 0. The molecule has 5 aromatic carbocycles. The van der Waals surface area contributed by atoms with Gasteiger partial charge in [-0.2, -0.15) is 0 Å². The lowest BCUT2D eigenvalue weighted by Gasteiger charge is -1.92. The van der Waals surface area contributed by atoms with Gasteiger partial charge in [-0.25, -0.2) is 0 Å². The van der Waals surface area contributed by atoms with Crippen LogP contribution >= 0.6 is 0 Å². The van der Waals surface area contributed by atoms with E-state index in [1.165, 1.54) is 34.0 Å². The Bertz CT molecular complexity index is 1100. The SMILES string of the molecule is C(=Cc1ccccc1)c1ccccc1.Oc1ccccc1O.c1ccc2ccccc2c1. The van der Waals surface area contributed by atoms with E-state index < -0.39 is 0 Å². The van der Waals surface area contributed by atoms with Crippen LogP contribution in [0.3, 0.4) is 0 Å². The minimum atomic E-state index is -0.0764. The number of rotatable bonds is 2. The summed E-state index contributed by atoms with van der Waals surface area (Å²) in [4.78, 5) is 0. The molecule has 0 amide bonds. The highest BCUT2D eigenvalue weighted by Gasteiger charge is 1.90. The molecule has 5 rings (SSSR count). The molecule has 0 atom stereocenters. The molecule has 0 saturated heterocycles. The molecule has 0 saturated carbocycles. The van der Waals surface area contributed by atoms with Gasteiger partial charge in [-0.05, 0) is 34.0 Å². The fourth-order valence-corrected chi connectivity index (χ4v) is 2.92. The maximum absolute atomic E-state index is 8.67. The van der Waals surface area contributed by atoms with Gasteiger partial charge in [-0.15, -0.1) is 0 Å². The second kappa shape index (κ2) is 12.4. The van der Waals surface area contributed by atoms with Gasteiger partial charge in [0.25, 0.3) is 0 Å². The zero-order chi connectivity index (χ0) is 22.4. The van der Waals surface area contributed by atoms with Crippen LogP contribution < -0.4 is 0 Å². The van der Waals surface area contributed by atoms with Gasteiger partial charge >= 0.3 is 0 Å². The number of hydrogen-bond donors (Lipinski definition) is 2. The molecule has 0 fully saturated rings. The standard InChI is InChI=1S/C14H12.C10H8.C6H6O2/c1-3-7-13(8-4-1)11-12-14-9-5-2-6-10-14;1-2-6-10-8-4-3-7-9(10)5-1;7-5-3-1-2-4-6(5)8/h1-12H;1-8H;1-4,7-8H. The minimum absolute atomic E-state index is 0.0764. The average Bonchev–Trinajstić information content (AvgIpc) is 2.87. The van der Waals surface area contributed by atoms with E-state index in [0.717, 1.165) is 0 Å². The third-order valence-corrected chi connectivity index (χ3v) is 4.61. The molecular formula is C30H26O2. The highest BCUT2D eigenvalue weighted by molar-refractivity contribution is 5.82. The zero-order valence-corrected chi connectivity index (χ0v) is 17.8. The Balaban J connectivity index is 0.000000142. The Labute approximate surface area is 189 Å². The molecule has 2 N–H and O–H groups in total. The van der Waals surface area contributed by atoms with Crippen molar-refractivity contribution in [3.8, 4) is 11.5 Å². The maximum atomic E-state index is 8.67. The van der Waals surface area contributed by atoms with Crippen LogP contribution in [0.2, 0.25) is 0 Å². The number of phenols is 2. The summed E-state index contributed by atoms with van der Waals surface area (Å²) >= 11 is 0. The van der Waals surface area contributed by atoms with Crippen molar-refractivity contribution in [2.45, 2.75) is 0 Å². The van der Waals surface area contributed by atoms with E-state index in [9.17, 15) is 0 Å². The van der Waals surface area contributed by atoms with Gasteiger partial charge < -0.3 is 10.2 Å². The summed E-state index contributed by atoms with van der Waals surface area (Å²) in [6.45, 7) is 0. The lowest BCUT2D eigenvalue weighted by Crippen LogP contribution is -1.70. The molecule has 0 aromatic heterocycles. The largest absolute Gasteiger partial charge is 0.504 e. The molecule has 5 aromatic rings. The first-order chi connectivity index (χ1) is 15.7. The molecule has 0 spiro atoms. The predicted molar refractivity (Wildman–Crippen MR) is 136 cm³/mol. The Hall–Kier alpha value is -4.30. The van der Waals surface area contributed by atoms with Crippen molar-refractivity contribution in [2.75, 3.05) is 0 Å². The van der Waals surface area contributed by atoms with E-state index in [-0.39, 0.29) is 11.5 Å². The van der Waals surface area contributed by atoms with Crippen molar-refractivity contribution in [2.24, 2.45) is 0 Å². The number of hydrogen-bond acceptors (Lipinski definition) is 2. The van der Waals surface area contributed by atoms with Crippen molar-refractivity contribution in [3.05, 3.63) is 145 Å². The van der Waals surface area contributed by atoms with E-state index in [4.69, 9.17) is 10.2 Å². The second-order valence-corrected chi connectivity index (χ2v) is 6.99. The topological polar surface area (TPSA) is 40.5 Å². The second-order valence-electron chi connectivity index (χ2n) is 6.99. The van der Waals surface area contributed by atoms with E-state index in [1.54, 1.807) is 12.1 Å².